The summed E-state index contributed by atoms with van der Waals surface area (Å²) in [5, 5.41) is 16.8. The topological polar surface area (TPSA) is 85.1 Å². The number of hydrogen-bond donors (Lipinski definition) is 1. The van der Waals surface area contributed by atoms with Gasteiger partial charge in [-0.05, 0) is 31.5 Å². The minimum Gasteiger partial charge on any atom is -0.302 e. The lowest BCUT2D eigenvalue weighted by Gasteiger charge is -1.99. The molecule has 1 aromatic carbocycles. The standard InChI is InChI=1S/C15H14N6OS2/c1-8-3-4-10-11(7-8)23-14(16-10)17-12(22)5-6-13-20-21-9(2)18-19-15(21)24-13/h3-4,7H,5-6H2,1-2H3,(H,16,17,22). The van der Waals surface area contributed by atoms with E-state index in [2.05, 4.69) is 31.7 Å². The summed E-state index contributed by atoms with van der Waals surface area (Å²) in [6.45, 7) is 3.89. The molecule has 1 N–H and O–H groups in total. The van der Waals surface area contributed by atoms with Crippen LogP contribution in [0.4, 0.5) is 5.13 Å². The number of benzene rings is 1. The first-order chi connectivity index (χ1) is 11.6. The number of nitrogens with zero attached hydrogens (tertiary/aromatic N) is 5. The van der Waals surface area contributed by atoms with E-state index >= 15 is 0 Å². The minimum atomic E-state index is -0.0616. The molecule has 9 heteroatoms. The molecule has 0 radical (unpaired) electrons. The second-order valence-electron chi connectivity index (χ2n) is 5.48. The fourth-order valence-corrected chi connectivity index (χ4v) is 4.20. The van der Waals surface area contributed by atoms with Crippen LogP contribution < -0.4 is 5.32 Å². The Kier molecular flexibility index (Phi) is 3.73. The van der Waals surface area contributed by atoms with Crippen molar-refractivity contribution in [3.8, 4) is 0 Å². The molecule has 4 rings (SSSR count). The molecule has 0 saturated heterocycles. The number of nitrogens with one attached hydrogen (secondary N) is 1. The average molecular weight is 358 g/mol. The number of fused-ring (bicyclic) bond motifs is 2. The molecule has 0 fully saturated rings. The molecule has 4 aromatic rings. The summed E-state index contributed by atoms with van der Waals surface area (Å²) in [6.07, 6.45) is 0.932. The van der Waals surface area contributed by atoms with E-state index in [1.807, 2.05) is 26.0 Å². The molecule has 0 bridgehead atoms. The molecular formula is C15H14N6OS2. The Balaban J connectivity index is 1.41. The Morgan fingerprint density at radius 3 is 2.96 bits per heavy atom. The normalized spacial score (nSPS) is 11.4. The number of thiazole rings is 1. The molecule has 3 heterocycles. The van der Waals surface area contributed by atoms with Crippen LogP contribution in [0.15, 0.2) is 18.2 Å². The van der Waals surface area contributed by atoms with Crippen molar-refractivity contribution in [2.24, 2.45) is 0 Å². The van der Waals surface area contributed by atoms with Crippen molar-refractivity contribution in [2.75, 3.05) is 5.32 Å². The molecular weight excluding hydrogens is 344 g/mol. The number of aryl methyl sites for hydroxylation is 3. The second-order valence-corrected chi connectivity index (χ2v) is 7.55. The van der Waals surface area contributed by atoms with Crippen LogP contribution in [0.1, 0.15) is 22.8 Å². The maximum absolute atomic E-state index is 12.1. The van der Waals surface area contributed by atoms with Gasteiger partial charge in [-0.2, -0.15) is 9.61 Å². The van der Waals surface area contributed by atoms with Gasteiger partial charge in [0.2, 0.25) is 10.9 Å². The van der Waals surface area contributed by atoms with Crippen LogP contribution in [-0.2, 0) is 11.2 Å². The monoisotopic (exact) mass is 358 g/mol. The number of anilines is 1. The third-order valence-corrected chi connectivity index (χ3v) is 5.44. The van der Waals surface area contributed by atoms with E-state index in [9.17, 15) is 4.79 Å². The van der Waals surface area contributed by atoms with Crippen molar-refractivity contribution in [3.63, 3.8) is 0 Å². The SMILES string of the molecule is Cc1ccc2nc(NC(=O)CCc3nn4c(C)nnc4s3)sc2c1. The fourth-order valence-electron chi connectivity index (χ4n) is 2.34. The summed E-state index contributed by atoms with van der Waals surface area (Å²) in [6, 6.07) is 6.06. The van der Waals surface area contributed by atoms with Crippen LogP contribution in [0.2, 0.25) is 0 Å². The second kappa shape index (κ2) is 5.91. The first kappa shape index (κ1) is 15.2. The number of aromatic nitrogens is 5. The Bertz CT molecular complexity index is 1050. The highest BCUT2D eigenvalue weighted by Gasteiger charge is 2.12. The summed E-state index contributed by atoms with van der Waals surface area (Å²) >= 11 is 2.95. The van der Waals surface area contributed by atoms with Gasteiger partial charge in [-0.1, -0.05) is 28.7 Å². The van der Waals surface area contributed by atoms with Gasteiger partial charge in [0, 0.05) is 12.8 Å². The number of carbonyl (C=O) groups is 1. The van der Waals surface area contributed by atoms with Gasteiger partial charge in [0.15, 0.2) is 11.0 Å². The van der Waals surface area contributed by atoms with E-state index in [1.165, 1.54) is 28.2 Å². The Morgan fingerprint density at radius 1 is 1.25 bits per heavy atom. The number of carbonyl (C=O) groups excluding carboxylic acids is 1. The van der Waals surface area contributed by atoms with E-state index in [-0.39, 0.29) is 5.91 Å². The summed E-state index contributed by atoms with van der Waals surface area (Å²) in [5.41, 5.74) is 2.09. The van der Waals surface area contributed by atoms with E-state index in [4.69, 9.17) is 0 Å². The average Bonchev–Trinajstić information content (AvgIpc) is 3.21. The van der Waals surface area contributed by atoms with Crippen molar-refractivity contribution >= 4 is 48.9 Å². The molecule has 0 aliphatic heterocycles. The lowest BCUT2D eigenvalue weighted by atomic mass is 10.2. The van der Waals surface area contributed by atoms with Crippen molar-refractivity contribution in [1.82, 2.24) is 24.8 Å². The van der Waals surface area contributed by atoms with Crippen LogP contribution in [0, 0.1) is 13.8 Å². The molecule has 0 aliphatic rings. The number of hydrogen-bond acceptors (Lipinski definition) is 7. The van der Waals surface area contributed by atoms with Crippen LogP contribution in [0.25, 0.3) is 15.2 Å². The fraction of sp³-hybridized carbons (Fsp3) is 0.267. The predicted octanol–water partition coefficient (Wildman–Crippen LogP) is 2.98. The largest absolute Gasteiger partial charge is 0.302 e. The van der Waals surface area contributed by atoms with Crippen molar-refractivity contribution < 1.29 is 4.79 Å². The molecule has 122 valence electrons. The molecule has 7 nitrogen and oxygen atoms in total. The third-order valence-electron chi connectivity index (χ3n) is 3.54. The van der Waals surface area contributed by atoms with Gasteiger partial charge >= 0.3 is 0 Å². The first-order valence-corrected chi connectivity index (χ1v) is 9.06. The van der Waals surface area contributed by atoms with Crippen molar-refractivity contribution in [3.05, 3.63) is 34.6 Å². The molecule has 1 amide bonds. The van der Waals surface area contributed by atoms with Gasteiger partial charge in [0.1, 0.15) is 5.01 Å². The lowest BCUT2D eigenvalue weighted by Crippen LogP contribution is -2.12. The molecule has 0 saturated carbocycles. The highest BCUT2D eigenvalue weighted by molar-refractivity contribution is 7.22. The molecule has 24 heavy (non-hydrogen) atoms. The zero-order valence-electron chi connectivity index (χ0n) is 13.1. The molecule has 0 spiro atoms. The Morgan fingerprint density at radius 2 is 2.12 bits per heavy atom. The van der Waals surface area contributed by atoms with Gasteiger partial charge in [-0.25, -0.2) is 4.98 Å². The molecule has 0 unspecified atom stereocenters. The van der Waals surface area contributed by atoms with Crippen molar-refractivity contribution in [2.45, 2.75) is 26.7 Å². The summed E-state index contributed by atoms with van der Waals surface area (Å²) in [4.78, 5) is 17.3. The van der Waals surface area contributed by atoms with Crippen LogP contribution >= 0.6 is 22.7 Å². The van der Waals surface area contributed by atoms with Gasteiger partial charge < -0.3 is 5.32 Å². The zero-order valence-corrected chi connectivity index (χ0v) is 14.7. The lowest BCUT2D eigenvalue weighted by molar-refractivity contribution is -0.116. The van der Waals surface area contributed by atoms with Crippen LogP contribution in [0.5, 0.6) is 0 Å². The van der Waals surface area contributed by atoms with Crippen LogP contribution in [0.3, 0.4) is 0 Å². The smallest absolute Gasteiger partial charge is 0.234 e. The maximum Gasteiger partial charge on any atom is 0.234 e. The maximum atomic E-state index is 12.1. The van der Waals surface area contributed by atoms with E-state index in [1.54, 1.807) is 4.52 Å². The summed E-state index contributed by atoms with van der Waals surface area (Å²) in [5.74, 6) is 0.690. The van der Waals surface area contributed by atoms with Crippen LogP contribution in [-0.4, -0.2) is 30.7 Å². The van der Waals surface area contributed by atoms with Gasteiger partial charge in [0.25, 0.3) is 0 Å². The molecule has 3 aromatic heterocycles. The third kappa shape index (κ3) is 2.87. The van der Waals surface area contributed by atoms with E-state index < -0.39 is 0 Å². The van der Waals surface area contributed by atoms with E-state index in [0.29, 0.717) is 18.0 Å². The molecule has 0 aliphatic carbocycles. The van der Waals surface area contributed by atoms with E-state index in [0.717, 1.165) is 26.0 Å². The van der Waals surface area contributed by atoms with Gasteiger partial charge in [-0.3, -0.25) is 4.79 Å². The van der Waals surface area contributed by atoms with Gasteiger partial charge in [-0.15, -0.1) is 10.2 Å². The Hall–Kier alpha value is -2.39. The first-order valence-electron chi connectivity index (χ1n) is 7.43. The Labute approximate surface area is 145 Å². The predicted molar refractivity (Wildman–Crippen MR) is 94.7 cm³/mol. The summed E-state index contributed by atoms with van der Waals surface area (Å²) < 4.78 is 2.78. The minimum absolute atomic E-state index is 0.0616. The van der Waals surface area contributed by atoms with Gasteiger partial charge in [0.05, 0.1) is 10.2 Å². The highest BCUT2D eigenvalue weighted by atomic mass is 32.1. The number of amides is 1. The van der Waals surface area contributed by atoms with Crippen molar-refractivity contribution in [1.29, 1.82) is 0 Å². The highest BCUT2D eigenvalue weighted by Crippen LogP contribution is 2.26. The number of rotatable bonds is 4. The quantitative estimate of drug-likeness (QED) is 0.606. The zero-order chi connectivity index (χ0) is 16.7. The molecule has 0 atom stereocenters. The summed E-state index contributed by atoms with van der Waals surface area (Å²) in [7, 11) is 0.